The van der Waals surface area contributed by atoms with Crippen LogP contribution in [0, 0.1) is 0 Å². The van der Waals surface area contributed by atoms with Gasteiger partial charge in [-0.3, -0.25) is 0 Å². The van der Waals surface area contributed by atoms with E-state index < -0.39 is 0 Å². The van der Waals surface area contributed by atoms with Crippen molar-refractivity contribution in [2.75, 3.05) is 13.7 Å². The van der Waals surface area contributed by atoms with Crippen LogP contribution in [-0.4, -0.2) is 30.8 Å². The summed E-state index contributed by atoms with van der Waals surface area (Å²) in [6.07, 6.45) is -0.384. The highest BCUT2D eigenvalue weighted by molar-refractivity contribution is 5.89. The van der Waals surface area contributed by atoms with Crippen molar-refractivity contribution < 1.29 is 19.1 Å². The third-order valence-electron chi connectivity index (χ3n) is 2.99. The third-order valence-corrected chi connectivity index (χ3v) is 2.99. The maximum atomic E-state index is 11.4. The van der Waals surface area contributed by atoms with E-state index in [1.54, 1.807) is 19.1 Å². The molecule has 0 fully saturated rings. The molecule has 1 unspecified atom stereocenters. The molecule has 0 aliphatic rings. The van der Waals surface area contributed by atoms with E-state index in [0.717, 1.165) is 17.1 Å². The Morgan fingerprint density at radius 2 is 2.00 bits per heavy atom. The van der Waals surface area contributed by atoms with Gasteiger partial charge in [0.25, 0.3) is 0 Å². The van der Waals surface area contributed by atoms with Crippen LogP contribution in [-0.2, 0) is 11.3 Å². The molecule has 0 radical (unpaired) electrons. The maximum Gasteiger partial charge on any atom is 0.337 e. The number of furan rings is 1. The lowest BCUT2D eigenvalue weighted by Crippen LogP contribution is -2.23. The average molecular weight is 289 g/mol. The first-order chi connectivity index (χ1) is 10.1. The van der Waals surface area contributed by atoms with Gasteiger partial charge in [-0.25, -0.2) is 4.79 Å². The molecule has 2 rings (SSSR count). The number of hydrogen-bond acceptors (Lipinski definition) is 5. The Morgan fingerprint density at radius 1 is 1.29 bits per heavy atom. The van der Waals surface area contributed by atoms with Crippen LogP contribution in [0.1, 0.15) is 23.0 Å². The fourth-order valence-corrected chi connectivity index (χ4v) is 1.92. The highest BCUT2D eigenvalue weighted by Gasteiger charge is 2.08. The maximum absolute atomic E-state index is 11.4. The third kappa shape index (κ3) is 4.18. The Bertz CT molecular complexity index is 587. The number of esters is 1. The van der Waals surface area contributed by atoms with Gasteiger partial charge in [0, 0.05) is 12.1 Å². The fraction of sp³-hybridized carbons (Fsp3) is 0.312. The predicted molar refractivity (Wildman–Crippen MR) is 78.9 cm³/mol. The van der Waals surface area contributed by atoms with Gasteiger partial charge in [0.05, 0.1) is 25.3 Å². The molecule has 1 aromatic carbocycles. The van der Waals surface area contributed by atoms with Gasteiger partial charge < -0.3 is 19.6 Å². The van der Waals surface area contributed by atoms with Gasteiger partial charge in [0.15, 0.2) is 0 Å². The van der Waals surface area contributed by atoms with Crippen LogP contribution in [0.4, 0.5) is 0 Å². The molecule has 21 heavy (non-hydrogen) atoms. The summed E-state index contributed by atoms with van der Waals surface area (Å²) in [6, 6.07) is 10.8. The lowest BCUT2D eigenvalue weighted by atomic mass is 10.1. The van der Waals surface area contributed by atoms with E-state index in [1.807, 2.05) is 24.3 Å². The van der Waals surface area contributed by atoms with Crippen molar-refractivity contribution in [1.29, 1.82) is 0 Å². The van der Waals surface area contributed by atoms with Crippen molar-refractivity contribution in [2.45, 2.75) is 19.6 Å². The first-order valence-corrected chi connectivity index (χ1v) is 6.76. The monoisotopic (exact) mass is 289 g/mol. The van der Waals surface area contributed by atoms with Gasteiger partial charge in [0.2, 0.25) is 0 Å². The lowest BCUT2D eigenvalue weighted by molar-refractivity contribution is 0.0600. The molecule has 0 saturated carbocycles. The van der Waals surface area contributed by atoms with Gasteiger partial charge in [-0.15, -0.1) is 0 Å². The molecule has 0 spiro atoms. The number of nitrogens with one attached hydrogen (secondary N) is 1. The van der Waals surface area contributed by atoms with Crippen LogP contribution in [0.25, 0.3) is 11.3 Å². The number of aliphatic hydroxyl groups is 1. The molecular weight excluding hydrogens is 270 g/mol. The summed E-state index contributed by atoms with van der Waals surface area (Å²) in [5.41, 5.74) is 1.40. The average Bonchev–Trinajstić information content (AvgIpc) is 2.95. The molecule has 1 heterocycles. The molecule has 0 bridgehead atoms. The minimum absolute atomic E-state index is 0.357. The van der Waals surface area contributed by atoms with Crippen molar-refractivity contribution >= 4 is 5.97 Å². The molecule has 1 atom stereocenters. The second-order valence-electron chi connectivity index (χ2n) is 4.81. The van der Waals surface area contributed by atoms with Gasteiger partial charge >= 0.3 is 5.97 Å². The van der Waals surface area contributed by atoms with Crippen molar-refractivity contribution in [3.05, 3.63) is 47.7 Å². The largest absolute Gasteiger partial charge is 0.465 e. The van der Waals surface area contributed by atoms with E-state index in [2.05, 4.69) is 10.1 Å². The summed E-state index contributed by atoms with van der Waals surface area (Å²) in [4.78, 5) is 11.4. The molecule has 0 saturated heterocycles. The zero-order chi connectivity index (χ0) is 15.2. The van der Waals surface area contributed by atoms with Crippen LogP contribution in [0.2, 0.25) is 0 Å². The van der Waals surface area contributed by atoms with Crippen molar-refractivity contribution in [3.63, 3.8) is 0 Å². The number of carbonyl (C=O) groups excluding carboxylic acids is 1. The van der Waals surface area contributed by atoms with Gasteiger partial charge in [-0.1, -0.05) is 12.1 Å². The van der Waals surface area contributed by atoms with Crippen molar-refractivity contribution in [2.24, 2.45) is 0 Å². The molecule has 5 heteroatoms. The standard InChI is InChI=1S/C16H19NO4/c1-11(18)9-17-10-14-7-8-15(21-14)12-3-5-13(6-4-12)16(19)20-2/h3-8,11,17-18H,9-10H2,1-2H3. The zero-order valence-corrected chi connectivity index (χ0v) is 12.1. The summed E-state index contributed by atoms with van der Waals surface area (Å²) in [5.74, 6) is 1.17. The minimum atomic E-state index is -0.384. The number of carbonyl (C=O) groups is 1. The number of methoxy groups -OCH3 is 1. The number of ether oxygens (including phenoxy) is 1. The van der Waals surface area contributed by atoms with Crippen molar-refractivity contribution in [3.8, 4) is 11.3 Å². The minimum Gasteiger partial charge on any atom is -0.465 e. The summed E-state index contributed by atoms with van der Waals surface area (Å²) in [7, 11) is 1.36. The molecule has 5 nitrogen and oxygen atoms in total. The molecular formula is C16H19NO4. The summed E-state index contributed by atoms with van der Waals surface area (Å²) in [6.45, 7) is 2.80. The number of aliphatic hydroxyl groups excluding tert-OH is 1. The van der Waals surface area contributed by atoms with Crippen molar-refractivity contribution in [1.82, 2.24) is 5.32 Å². The second kappa shape index (κ2) is 7.06. The van der Waals surface area contributed by atoms with Crippen LogP contribution in [0.5, 0.6) is 0 Å². The van der Waals surface area contributed by atoms with E-state index in [1.165, 1.54) is 7.11 Å². The summed E-state index contributed by atoms with van der Waals surface area (Å²) in [5, 5.41) is 12.3. The van der Waals surface area contributed by atoms with E-state index in [9.17, 15) is 9.90 Å². The summed E-state index contributed by atoms with van der Waals surface area (Å²) < 4.78 is 10.4. The molecule has 0 amide bonds. The second-order valence-corrected chi connectivity index (χ2v) is 4.81. The van der Waals surface area contributed by atoms with Crippen LogP contribution >= 0.6 is 0 Å². The van der Waals surface area contributed by atoms with Gasteiger partial charge in [-0.05, 0) is 31.2 Å². The Balaban J connectivity index is 2.02. The molecule has 2 N–H and O–H groups in total. The van der Waals surface area contributed by atoms with Crippen LogP contribution in [0.15, 0.2) is 40.8 Å². The quantitative estimate of drug-likeness (QED) is 0.798. The Hall–Kier alpha value is -2.11. The molecule has 0 aliphatic carbocycles. The van der Waals surface area contributed by atoms with E-state index in [0.29, 0.717) is 18.7 Å². The SMILES string of the molecule is COC(=O)c1ccc(-c2ccc(CNCC(C)O)o2)cc1. The first-order valence-electron chi connectivity index (χ1n) is 6.76. The smallest absolute Gasteiger partial charge is 0.337 e. The Kier molecular flexibility index (Phi) is 5.14. The Labute approximate surface area is 123 Å². The number of benzene rings is 1. The number of hydrogen-bond donors (Lipinski definition) is 2. The van der Waals surface area contributed by atoms with Crippen LogP contribution < -0.4 is 5.32 Å². The number of rotatable bonds is 6. The lowest BCUT2D eigenvalue weighted by Gasteiger charge is -2.04. The van der Waals surface area contributed by atoms with E-state index >= 15 is 0 Å². The highest BCUT2D eigenvalue weighted by Crippen LogP contribution is 2.22. The van der Waals surface area contributed by atoms with E-state index in [4.69, 9.17) is 4.42 Å². The molecule has 1 aromatic heterocycles. The Morgan fingerprint density at radius 3 is 2.62 bits per heavy atom. The van der Waals surface area contributed by atoms with Gasteiger partial charge in [0.1, 0.15) is 11.5 Å². The topological polar surface area (TPSA) is 71.7 Å². The predicted octanol–water partition coefficient (Wildman–Crippen LogP) is 2.20. The highest BCUT2D eigenvalue weighted by atomic mass is 16.5. The zero-order valence-electron chi connectivity index (χ0n) is 12.1. The van der Waals surface area contributed by atoms with E-state index in [-0.39, 0.29) is 12.1 Å². The summed E-state index contributed by atoms with van der Waals surface area (Å²) >= 11 is 0. The normalized spacial score (nSPS) is 12.1. The van der Waals surface area contributed by atoms with Gasteiger partial charge in [-0.2, -0.15) is 0 Å². The molecule has 112 valence electrons. The molecule has 0 aliphatic heterocycles. The fourth-order valence-electron chi connectivity index (χ4n) is 1.92. The van der Waals surface area contributed by atoms with Crippen LogP contribution in [0.3, 0.4) is 0 Å². The molecule has 2 aromatic rings. The first kappa shape index (κ1) is 15.3.